The fourth-order valence-electron chi connectivity index (χ4n) is 0.453. The molecule has 0 heterocycles. The third kappa shape index (κ3) is 18.4. The van der Waals surface area contributed by atoms with E-state index in [1.165, 1.54) is 0 Å². The van der Waals surface area contributed by atoms with Gasteiger partial charge in [-0.3, -0.25) is 4.79 Å². The van der Waals surface area contributed by atoms with E-state index in [0.717, 1.165) is 0 Å². The third-order valence-corrected chi connectivity index (χ3v) is 0.609. The van der Waals surface area contributed by atoms with Gasteiger partial charge in [-0.05, 0) is 13.8 Å². The molecule has 9 heavy (non-hydrogen) atoms. The Morgan fingerprint density at radius 3 is 1.89 bits per heavy atom. The molecule has 0 spiro atoms. The summed E-state index contributed by atoms with van der Waals surface area (Å²) in [5.41, 5.74) is 5.27. The van der Waals surface area contributed by atoms with Crippen molar-refractivity contribution >= 4 is 5.78 Å². The standard InChI is InChI=1S/C5H11NO.2CH4/c1-4(6)3-5(2)7;;/h4H,3,6H2,1-2H3;2*1H4. The van der Waals surface area contributed by atoms with Gasteiger partial charge in [0.1, 0.15) is 5.78 Å². The molecule has 1 unspecified atom stereocenters. The Kier molecular flexibility index (Phi) is 13.4. The fraction of sp³-hybridized carbons (Fsp3) is 0.857. The van der Waals surface area contributed by atoms with Crippen LogP contribution in [0.3, 0.4) is 0 Å². The molecule has 2 heteroatoms. The van der Waals surface area contributed by atoms with Crippen LogP contribution < -0.4 is 5.73 Å². The first kappa shape index (κ1) is 15.9. The number of hydrogen-bond acceptors (Lipinski definition) is 2. The minimum Gasteiger partial charge on any atom is -0.328 e. The molecule has 2 nitrogen and oxygen atoms in total. The highest BCUT2D eigenvalue weighted by Gasteiger charge is 1.95. The number of ketones is 1. The molecule has 0 radical (unpaired) electrons. The molecule has 0 fully saturated rings. The zero-order chi connectivity index (χ0) is 5.86. The second kappa shape index (κ2) is 7.63. The van der Waals surface area contributed by atoms with Crippen molar-refractivity contribution in [3.63, 3.8) is 0 Å². The van der Waals surface area contributed by atoms with Crippen LogP contribution in [-0.2, 0) is 4.79 Å². The summed E-state index contributed by atoms with van der Waals surface area (Å²) in [6.45, 7) is 3.37. The van der Waals surface area contributed by atoms with Gasteiger partial charge in [-0.15, -0.1) is 0 Å². The van der Waals surface area contributed by atoms with Crippen molar-refractivity contribution < 1.29 is 4.79 Å². The quantitative estimate of drug-likeness (QED) is 0.621. The van der Waals surface area contributed by atoms with E-state index in [2.05, 4.69) is 0 Å². The SMILES string of the molecule is C.C.CC(=O)CC(C)N. The van der Waals surface area contributed by atoms with Crippen LogP contribution in [0.15, 0.2) is 0 Å². The molecule has 0 bridgehead atoms. The van der Waals surface area contributed by atoms with Crippen molar-refractivity contribution in [3.8, 4) is 0 Å². The summed E-state index contributed by atoms with van der Waals surface area (Å²) in [7, 11) is 0. The normalized spacial score (nSPS) is 10.6. The van der Waals surface area contributed by atoms with E-state index in [9.17, 15) is 4.79 Å². The largest absolute Gasteiger partial charge is 0.328 e. The molecular formula is C7H19NO. The van der Waals surface area contributed by atoms with Crippen LogP contribution in [0, 0.1) is 0 Å². The van der Waals surface area contributed by atoms with Gasteiger partial charge in [0, 0.05) is 12.5 Å². The van der Waals surface area contributed by atoms with E-state index in [1.807, 2.05) is 6.92 Å². The van der Waals surface area contributed by atoms with Crippen molar-refractivity contribution in [2.24, 2.45) is 5.73 Å². The summed E-state index contributed by atoms with van der Waals surface area (Å²) in [4.78, 5) is 10.2. The van der Waals surface area contributed by atoms with Crippen LogP contribution in [0.2, 0.25) is 0 Å². The lowest BCUT2D eigenvalue weighted by atomic mass is 10.2. The maximum Gasteiger partial charge on any atom is 0.131 e. The lowest BCUT2D eigenvalue weighted by Crippen LogP contribution is -2.17. The molecule has 0 aromatic carbocycles. The highest BCUT2D eigenvalue weighted by molar-refractivity contribution is 5.75. The highest BCUT2D eigenvalue weighted by atomic mass is 16.1. The van der Waals surface area contributed by atoms with Crippen LogP contribution in [0.5, 0.6) is 0 Å². The van der Waals surface area contributed by atoms with Gasteiger partial charge in [-0.25, -0.2) is 0 Å². The van der Waals surface area contributed by atoms with Crippen LogP contribution in [0.4, 0.5) is 0 Å². The van der Waals surface area contributed by atoms with Gasteiger partial charge in [0.2, 0.25) is 0 Å². The molecule has 0 aliphatic heterocycles. The summed E-state index contributed by atoms with van der Waals surface area (Å²) in [5, 5.41) is 0. The van der Waals surface area contributed by atoms with Crippen molar-refractivity contribution in [2.75, 3.05) is 0 Å². The first-order chi connectivity index (χ1) is 3.13. The van der Waals surface area contributed by atoms with Crippen LogP contribution >= 0.6 is 0 Å². The second-order valence-electron chi connectivity index (χ2n) is 1.88. The smallest absolute Gasteiger partial charge is 0.131 e. The Bertz CT molecular complexity index is 69.3. The number of rotatable bonds is 2. The molecule has 0 aromatic rings. The lowest BCUT2D eigenvalue weighted by Gasteiger charge is -1.96. The third-order valence-electron chi connectivity index (χ3n) is 0.609. The molecule has 1 atom stereocenters. The summed E-state index contributed by atoms with van der Waals surface area (Å²) >= 11 is 0. The van der Waals surface area contributed by atoms with Crippen LogP contribution in [0.1, 0.15) is 35.1 Å². The van der Waals surface area contributed by atoms with E-state index < -0.39 is 0 Å². The Hall–Kier alpha value is -0.370. The maximum absolute atomic E-state index is 10.2. The van der Waals surface area contributed by atoms with Crippen LogP contribution in [0.25, 0.3) is 0 Å². The van der Waals surface area contributed by atoms with Gasteiger partial charge < -0.3 is 5.73 Å². The Labute approximate surface area is 58.4 Å². The summed E-state index contributed by atoms with van der Waals surface area (Å²) in [5.74, 6) is 0.162. The Morgan fingerprint density at radius 1 is 1.56 bits per heavy atom. The average molecular weight is 133 g/mol. The second-order valence-corrected chi connectivity index (χ2v) is 1.88. The van der Waals surface area contributed by atoms with Gasteiger partial charge in [0.05, 0.1) is 0 Å². The predicted octanol–water partition coefficient (Wildman–Crippen LogP) is 1.58. The van der Waals surface area contributed by atoms with Crippen molar-refractivity contribution in [3.05, 3.63) is 0 Å². The number of hydrogen-bond donors (Lipinski definition) is 1. The van der Waals surface area contributed by atoms with Gasteiger partial charge in [-0.1, -0.05) is 14.9 Å². The van der Waals surface area contributed by atoms with Crippen molar-refractivity contribution in [1.29, 1.82) is 0 Å². The molecule has 0 saturated heterocycles. The number of nitrogens with two attached hydrogens (primary N) is 1. The van der Waals surface area contributed by atoms with Crippen LogP contribution in [-0.4, -0.2) is 11.8 Å². The molecule has 58 valence electrons. The number of carbonyl (C=O) groups is 1. The molecule has 0 amide bonds. The topological polar surface area (TPSA) is 43.1 Å². The molecule has 0 rings (SSSR count). The van der Waals surface area contributed by atoms with E-state index in [-0.39, 0.29) is 26.7 Å². The molecule has 2 N–H and O–H groups in total. The van der Waals surface area contributed by atoms with Gasteiger partial charge in [0.25, 0.3) is 0 Å². The first-order valence-electron chi connectivity index (χ1n) is 2.38. The summed E-state index contributed by atoms with van der Waals surface area (Å²) in [6, 6.07) is 0.0255. The highest BCUT2D eigenvalue weighted by Crippen LogP contribution is 1.84. The molecule has 0 aliphatic carbocycles. The van der Waals surface area contributed by atoms with Gasteiger partial charge in [0.15, 0.2) is 0 Å². The van der Waals surface area contributed by atoms with E-state index in [1.54, 1.807) is 6.92 Å². The van der Waals surface area contributed by atoms with E-state index >= 15 is 0 Å². The summed E-state index contributed by atoms with van der Waals surface area (Å²) < 4.78 is 0. The molecular weight excluding hydrogens is 114 g/mol. The maximum atomic E-state index is 10.2. The predicted molar refractivity (Wildman–Crippen MR) is 42.4 cm³/mol. The zero-order valence-electron chi connectivity index (χ0n) is 4.77. The molecule has 0 saturated carbocycles. The minimum absolute atomic E-state index is 0. The first-order valence-corrected chi connectivity index (χ1v) is 2.38. The zero-order valence-corrected chi connectivity index (χ0v) is 4.77. The van der Waals surface area contributed by atoms with E-state index in [0.29, 0.717) is 6.42 Å². The van der Waals surface area contributed by atoms with Gasteiger partial charge in [-0.2, -0.15) is 0 Å². The molecule has 0 aromatic heterocycles. The lowest BCUT2D eigenvalue weighted by molar-refractivity contribution is -0.117. The monoisotopic (exact) mass is 133 g/mol. The molecule has 0 aliphatic rings. The van der Waals surface area contributed by atoms with E-state index in [4.69, 9.17) is 5.73 Å². The average Bonchev–Trinajstić information content (AvgIpc) is 1.27. The Morgan fingerprint density at radius 2 is 1.89 bits per heavy atom. The Balaban J connectivity index is -0.000000180. The van der Waals surface area contributed by atoms with Crippen molar-refractivity contribution in [1.82, 2.24) is 0 Å². The minimum atomic E-state index is 0. The fourth-order valence-corrected chi connectivity index (χ4v) is 0.453. The summed E-state index contributed by atoms with van der Waals surface area (Å²) in [6.07, 6.45) is 0.500. The number of Topliss-reactive ketones (excluding diaryl/α,β-unsaturated/α-hetero) is 1. The number of carbonyl (C=O) groups excluding carboxylic acids is 1. The van der Waals surface area contributed by atoms with Gasteiger partial charge >= 0.3 is 0 Å². The van der Waals surface area contributed by atoms with Crippen molar-refractivity contribution in [2.45, 2.75) is 41.2 Å².